The van der Waals surface area contributed by atoms with Crippen molar-refractivity contribution in [3.8, 4) is 0 Å². The van der Waals surface area contributed by atoms with Crippen LogP contribution in [0.5, 0.6) is 0 Å². The summed E-state index contributed by atoms with van der Waals surface area (Å²) in [6.45, 7) is 1.66. The zero-order valence-electron chi connectivity index (χ0n) is 12.4. The molecule has 0 aliphatic heterocycles. The second-order valence-corrected chi connectivity index (χ2v) is 6.35. The molecule has 2 N–H and O–H groups in total. The van der Waals surface area contributed by atoms with E-state index in [0.717, 1.165) is 12.4 Å². The molecule has 0 spiro atoms. The summed E-state index contributed by atoms with van der Waals surface area (Å²) in [4.78, 5) is 17.2. The fourth-order valence-electron chi connectivity index (χ4n) is 2.25. The van der Waals surface area contributed by atoms with Gasteiger partial charge in [0.05, 0.1) is 6.54 Å². The largest absolute Gasteiger partial charge is 0.368 e. The van der Waals surface area contributed by atoms with E-state index in [1.54, 1.807) is 11.3 Å². The molecule has 0 unspecified atom stereocenters. The van der Waals surface area contributed by atoms with Crippen LogP contribution in [0.4, 0.5) is 11.9 Å². The minimum Gasteiger partial charge on any atom is -0.368 e. The molecule has 6 nitrogen and oxygen atoms in total. The van der Waals surface area contributed by atoms with Crippen LogP contribution in [0.25, 0.3) is 0 Å². The Morgan fingerprint density at radius 1 is 1.24 bits per heavy atom. The number of anilines is 2. The second kappa shape index (κ2) is 5.95. The third kappa shape index (κ3) is 3.68. The van der Waals surface area contributed by atoms with Crippen LogP contribution in [0, 0.1) is 0 Å². The molecular formula is C14H20N6S. The van der Waals surface area contributed by atoms with Crippen molar-refractivity contribution in [2.45, 2.75) is 32.0 Å². The molecule has 3 rings (SSSR count). The predicted molar refractivity (Wildman–Crippen MR) is 85.2 cm³/mol. The van der Waals surface area contributed by atoms with Gasteiger partial charge in [0.15, 0.2) is 0 Å². The summed E-state index contributed by atoms with van der Waals surface area (Å²) in [7, 11) is 3.81. The summed E-state index contributed by atoms with van der Waals surface area (Å²) in [6, 6.07) is 2.82. The maximum atomic E-state index is 5.79. The van der Waals surface area contributed by atoms with Crippen molar-refractivity contribution < 1.29 is 0 Å². The van der Waals surface area contributed by atoms with Gasteiger partial charge in [-0.15, -0.1) is 0 Å². The summed E-state index contributed by atoms with van der Waals surface area (Å²) >= 11 is 1.73. The molecule has 0 amide bonds. The van der Waals surface area contributed by atoms with Crippen molar-refractivity contribution in [3.05, 3.63) is 28.2 Å². The molecule has 2 aromatic rings. The van der Waals surface area contributed by atoms with E-state index >= 15 is 0 Å². The zero-order valence-corrected chi connectivity index (χ0v) is 13.2. The van der Waals surface area contributed by atoms with Crippen molar-refractivity contribution in [2.24, 2.45) is 0 Å². The van der Waals surface area contributed by atoms with Gasteiger partial charge in [-0.25, -0.2) is 0 Å². The van der Waals surface area contributed by atoms with Gasteiger partial charge in [0, 0.05) is 26.7 Å². The number of rotatable bonds is 6. The SMILES string of the molecule is CN(C)c1nc(N)nc(CN(Cc2ccsc2)C2CC2)n1. The smallest absolute Gasteiger partial charge is 0.229 e. The van der Waals surface area contributed by atoms with Gasteiger partial charge >= 0.3 is 0 Å². The Kier molecular flexibility index (Phi) is 4.03. The highest BCUT2D eigenvalue weighted by Gasteiger charge is 2.29. The van der Waals surface area contributed by atoms with E-state index < -0.39 is 0 Å². The molecule has 0 saturated heterocycles. The number of nitrogens with zero attached hydrogens (tertiary/aromatic N) is 5. The second-order valence-electron chi connectivity index (χ2n) is 5.57. The molecule has 0 aromatic carbocycles. The molecule has 112 valence electrons. The Labute approximate surface area is 128 Å². The van der Waals surface area contributed by atoms with Crippen molar-refractivity contribution in [2.75, 3.05) is 24.7 Å². The summed E-state index contributed by atoms with van der Waals surface area (Å²) in [5, 5.41) is 4.31. The molecule has 1 aliphatic rings. The zero-order chi connectivity index (χ0) is 14.8. The topological polar surface area (TPSA) is 71.2 Å². The summed E-state index contributed by atoms with van der Waals surface area (Å²) < 4.78 is 0. The molecule has 2 aromatic heterocycles. The highest BCUT2D eigenvalue weighted by Crippen LogP contribution is 2.29. The van der Waals surface area contributed by atoms with Gasteiger partial charge in [-0.05, 0) is 35.2 Å². The van der Waals surface area contributed by atoms with Crippen molar-refractivity contribution in [3.63, 3.8) is 0 Å². The fourth-order valence-corrected chi connectivity index (χ4v) is 2.91. The van der Waals surface area contributed by atoms with E-state index in [4.69, 9.17) is 5.73 Å². The van der Waals surface area contributed by atoms with Crippen LogP contribution in [0.3, 0.4) is 0 Å². The lowest BCUT2D eigenvalue weighted by Gasteiger charge is -2.21. The average molecular weight is 304 g/mol. The summed E-state index contributed by atoms with van der Waals surface area (Å²) in [5.41, 5.74) is 7.14. The minimum absolute atomic E-state index is 0.287. The van der Waals surface area contributed by atoms with Crippen molar-refractivity contribution in [1.82, 2.24) is 19.9 Å². The van der Waals surface area contributed by atoms with Crippen LogP contribution < -0.4 is 10.6 Å². The van der Waals surface area contributed by atoms with Crippen molar-refractivity contribution >= 4 is 23.2 Å². The molecular weight excluding hydrogens is 284 g/mol. The van der Waals surface area contributed by atoms with Crippen LogP contribution in [-0.4, -0.2) is 40.0 Å². The van der Waals surface area contributed by atoms with Crippen LogP contribution >= 0.6 is 11.3 Å². The van der Waals surface area contributed by atoms with Gasteiger partial charge in [0.2, 0.25) is 11.9 Å². The van der Waals surface area contributed by atoms with Crippen LogP contribution in [0.15, 0.2) is 16.8 Å². The highest BCUT2D eigenvalue weighted by atomic mass is 32.1. The number of aromatic nitrogens is 3. The standard InChI is InChI=1S/C14H20N6S/c1-19(2)14-17-12(16-13(15)18-14)8-20(11-3-4-11)7-10-5-6-21-9-10/h5-6,9,11H,3-4,7-8H2,1-2H3,(H2,15,16,17,18). The number of thiophene rings is 1. The van der Waals surface area contributed by atoms with E-state index in [9.17, 15) is 0 Å². The minimum atomic E-state index is 0.287. The Morgan fingerprint density at radius 2 is 2.05 bits per heavy atom. The number of nitrogen functional groups attached to an aromatic ring is 1. The Bertz CT molecular complexity index is 594. The normalized spacial score (nSPS) is 14.6. The first-order valence-corrected chi connectivity index (χ1v) is 7.99. The Hall–Kier alpha value is -1.73. The van der Waals surface area contributed by atoms with Gasteiger partial charge in [-0.1, -0.05) is 0 Å². The lowest BCUT2D eigenvalue weighted by molar-refractivity contribution is 0.239. The highest BCUT2D eigenvalue weighted by molar-refractivity contribution is 7.07. The maximum absolute atomic E-state index is 5.79. The quantitative estimate of drug-likeness (QED) is 0.876. The molecule has 0 radical (unpaired) electrons. The maximum Gasteiger partial charge on any atom is 0.229 e. The number of hydrogen-bond donors (Lipinski definition) is 1. The van der Waals surface area contributed by atoms with Gasteiger partial charge in [0.25, 0.3) is 0 Å². The molecule has 0 atom stereocenters. The molecule has 1 fully saturated rings. The van der Waals surface area contributed by atoms with E-state index in [1.165, 1.54) is 18.4 Å². The molecule has 0 bridgehead atoms. The Balaban J connectivity index is 1.76. The number of hydrogen-bond acceptors (Lipinski definition) is 7. The summed E-state index contributed by atoms with van der Waals surface area (Å²) in [6.07, 6.45) is 2.51. The van der Waals surface area contributed by atoms with Gasteiger partial charge in [-0.3, -0.25) is 4.90 Å². The molecule has 21 heavy (non-hydrogen) atoms. The van der Waals surface area contributed by atoms with Crippen LogP contribution in [-0.2, 0) is 13.1 Å². The average Bonchev–Trinajstić information content (AvgIpc) is 3.16. The van der Waals surface area contributed by atoms with Crippen LogP contribution in [0.1, 0.15) is 24.2 Å². The van der Waals surface area contributed by atoms with Gasteiger partial charge in [0.1, 0.15) is 5.82 Å². The third-order valence-electron chi connectivity index (χ3n) is 3.46. The van der Waals surface area contributed by atoms with Gasteiger partial charge in [-0.2, -0.15) is 26.3 Å². The fraction of sp³-hybridized carbons (Fsp3) is 0.500. The Morgan fingerprint density at radius 3 is 2.67 bits per heavy atom. The molecule has 1 aliphatic carbocycles. The number of nitrogens with two attached hydrogens (primary N) is 1. The van der Waals surface area contributed by atoms with E-state index in [0.29, 0.717) is 18.5 Å². The van der Waals surface area contributed by atoms with E-state index in [1.807, 2.05) is 19.0 Å². The molecule has 1 saturated carbocycles. The van der Waals surface area contributed by atoms with Gasteiger partial charge < -0.3 is 10.6 Å². The van der Waals surface area contributed by atoms with Crippen molar-refractivity contribution in [1.29, 1.82) is 0 Å². The third-order valence-corrected chi connectivity index (χ3v) is 4.19. The first-order chi connectivity index (χ1) is 10.1. The lowest BCUT2D eigenvalue weighted by atomic mass is 10.3. The van der Waals surface area contributed by atoms with E-state index in [-0.39, 0.29) is 5.95 Å². The van der Waals surface area contributed by atoms with Crippen LogP contribution in [0.2, 0.25) is 0 Å². The predicted octanol–water partition coefficient (Wildman–Crippen LogP) is 1.75. The van der Waals surface area contributed by atoms with E-state index in [2.05, 4.69) is 36.7 Å². The molecule has 7 heteroatoms. The lowest BCUT2D eigenvalue weighted by Crippen LogP contribution is -2.27. The first-order valence-electron chi connectivity index (χ1n) is 7.04. The monoisotopic (exact) mass is 304 g/mol. The first kappa shape index (κ1) is 14.2. The summed E-state index contributed by atoms with van der Waals surface area (Å²) in [5.74, 6) is 1.65. The molecule has 2 heterocycles.